The van der Waals surface area contributed by atoms with Crippen LogP contribution in [0, 0.1) is 0 Å². The third-order valence-electron chi connectivity index (χ3n) is 3.62. The van der Waals surface area contributed by atoms with Crippen molar-refractivity contribution in [3.63, 3.8) is 0 Å². The van der Waals surface area contributed by atoms with Crippen LogP contribution < -0.4 is 10.6 Å². The molecule has 1 saturated carbocycles. The third kappa shape index (κ3) is 3.03. The van der Waals surface area contributed by atoms with Crippen molar-refractivity contribution >= 4 is 24.0 Å². The number of carbonyl (C=O) groups is 1. The molecule has 1 aliphatic rings. The Morgan fingerprint density at radius 2 is 1.72 bits per heavy atom. The number of halogens is 1. The molecule has 0 aliphatic heterocycles. The van der Waals surface area contributed by atoms with Gasteiger partial charge in [-0.1, -0.05) is 37.5 Å². The van der Waals surface area contributed by atoms with Crippen LogP contribution in [-0.2, 0) is 4.79 Å². The van der Waals surface area contributed by atoms with Crippen molar-refractivity contribution in [3.05, 3.63) is 30.3 Å². The molecule has 0 spiro atoms. The summed E-state index contributed by atoms with van der Waals surface area (Å²) in [5, 5.41) is 0. The zero-order valence-electron chi connectivity index (χ0n) is 10.8. The van der Waals surface area contributed by atoms with Gasteiger partial charge in [-0.25, -0.2) is 0 Å². The average molecular weight is 269 g/mol. The lowest BCUT2D eigenvalue weighted by molar-refractivity contribution is -0.124. The first-order chi connectivity index (χ1) is 8.13. The summed E-state index contributed by atoms with van der Waals surface area (Å²) in [5.74, 6) is 0.0448. The molecule has 0 saturated heterocycles. The monoisotopic (exact) mass is 268 g/mol. The molecule has 1 aromatic carbocycles. The average Bonchev–Trinajstić information content (AvgIpc) is 2.39. The Kier molecular flexibility index (Phi) is 5.17. The van der Waals surface area contributed by atoms with E-state index in [-0.39, 0.29) is 18.3 Å². The molecular weight excluding hydrogens is 248 g/mol. The van der Waals surface area contributed by atoms with Crippen molar-refractivity contribution in [3.8, 4) is 0 Å². The number of hydrogen-bond donors (Lipinski definition) is 1. The molecule has 0 aromatic heterocycles. The Bertz CT molecular complexity index is 388. The molecule has 3 nitrogen and oxygen atoms in total. The Hall–Kier alpha value is -1.06. The van der Waals surface area contributed by atoms with Crippen LogP contribution >= 0.6 is 12.4 Å². The van der Waals surface area contributed by atoms with Crippen LogP contribution in [0.2, 0.25) is 0 Å². The van der Waals surface area contributed by atoms with Crippen LogP contribution in [0.5, 0.6) is 0 Å². The summed E-state index contributed by atoms with van der Waals surface area (Å²) in [4.78, 5) is 14.1. The van der Waals surface area contributed by atoms with Gasteiger partial charge in [-0.3, -0.25) is 4.79 Å². The number of benzene rings is 1. The molecule has 100 valence electrons. The minimum absolute atomic E-state index is 0. The van der Waals surface area contributed by atoms with E-state index in [1.54, 1.807) is 11.9 Å². The van der Waals surface area contributed by atoms with Crippen molar-refractivity contribution in [2.24, 2.45) is 5.73 Å². The summed E-state index contributed by atoms with van der Waals surface area (Å²) < 4.78 is 0. The summed E-state index contributed by atoms with van der Waals surface area (Å²) in [6.45, 7) is 0. The van der Waals surface area contributed by atoms with Gasteiger partial charge in [0.05, 0.1) is 5.54 Å². The van der Waals surface area contributed by atoms with Crippen molar-refractivity contribution in [1.82, 2.24) is 0 Å². The highest BCUT2D eigenvalue weighted by molar-refractivity contribution is 5.99. The molecule has 0 heterocycles. The zero-order chi connectivity index (χ0) is 12.3. The van der Waals surface area contributed by atoms with Crippen LogP contribution in [0.25, 0.3) is 0 Å². The van der Waals surface area contributed by atoms with Gasteiger partial charge in [0, 0.05) is 12.7 Å². The van der Waals surface area contributed by atoms with Gasteiger partial charge in [0.1, 0.15) is 0 Å². The van der Waals surface area contributed by atoms with Gasteiger partial charge >= 0.3 is 0 Å². The SMILES string of the molecule is CN(C(=O)C1(N)CCCCC1)c1ccccc1.Cl. The summed E-state index contributed by atoms with van der Waals surface area (Å²) in [5.41, 5.74) is 6.51. The molecule has 0 atom stereocenters. The fourth-order valence-electron chi connectivity index (χ4n) is 2.50. The van der Waals surface area contributed by atoms with E-state index >= 15 is 0 Å². The van der Waals surface area contributed by atoms with Crippen LogP contribution in [-0.4, -0.2) is 18.5 Å². The highest BCUT2D eigenvalue weighted by Gasteiger charge is 2.37. The lowest BCUT2D eigenvalue weighted by Crippen LogP contribution is -2.55. The zero-order valence-corrected chi connectivity index (χ0v) is 11.6. The fraction of sp³-hybridized carbons (Fsp3) is 0.500. The van der Waals surface area contributed by atoms with E-state index < -0.39 is 5.54 Å². The van der Waals surface area contributed by atoms with E-state index in [2.05, 4.69) is 0 Å². The van der Waals surface area contributed by atoms with Gasteiger partial charge in [-0.15, -0.1) is 12.4 Å². The van der Waals surface area contributed by atoms with Gasteiger partial charge in [-0.2, -0.15) is 0 Å². The number of nitrogens with zero attached hydrogens (tertiary/aromatic N) is 1. The number of rotatable bonds is 2. The Morgan fingerprint density at radius 3 is 2.28 bits per heavy atom. The van der Waals surface area contributed by atoms with Gasteiger partial charge in [-0.05, 0) is 25.0 Å². The maximum atomic E-state index is 12.4. The number of carbonyl (C=O) groups excluding carboxylic acids is 1. The predicted molar refractivity (Wildman–Crippen MR) is 77.1 cm³/mol. The van der Waals surface area contributed by atoms with Gasteiger partial charge < -0.3 is 10.6 Å². The normalized spacial score (nSPS) is 17.7. The highest BCUT2D eigenvalue weighted by atomic mass is 35.5. The van der Waals surface area contributed by atoms with Gasteiger partial charge in [0.25, 0.3) is 0 Å². The summed E-state index contributed by atoms with van der Waals surface area (Å²) >= 11 is 0. The number of hydrogen-bond acceptors (Lipinski definition) is 2. The topological polar surface area (TPSA) is 46.3 Å². The molecule has 18 heavy (non-hydrogen) atoms. The second kappa shape index (κ2) is 6.21. The lowest BCUT2D eigenvalue weighted by Gasteiger charge is -2.35. The third-order valence-corrected chi connectivity index (χ3v) is 3.62. The van der Waals surface area contributed by atoms with Crippen molar-refractivity contribution in [2.75, 3.05) is 11.9 Å². The molecule has 0 bridgehead atoms. The molecule has 1 fully saturated rings. The minimum atomic E-state index is -0.650. The largest absolute Gasteiger partial charge is 0.317 e. The summed E-state index contributed by atoms with van der Waals surface area (Å²) in [6, 6.07) is 9.68. The molecule has 4 heteroatoms. The summed E-state index contributed by atoms with van der Waals surface area (Å²) in [7, 11) is 1.81. The van der Waals surface area contributed by atoms with E-state index in [1.807, 2.05) is 30.3 Å². The first-order valence-electron chi connectivity index (χ1n) is 6.26. The number of para-hydroxylation sites is 1. The quantitative estimate of drug-likeness (QED) is 0.897. The van der Waals surface area contributed by atoms with Crippen LogP contribution in [0.3, 0.4) is 0 Å². The van der Waals surface area contributed by atoms with Crippen molar-refractivity contribution in [1.29, 1.82) is 0 Å². The van der Waals surface area contributed by atoms with Crippen LogP contribution in [0.15, 0.2) is 30.3 Å². The number of likely N-dealkylation sites (N-methyl/N-ethyl adjacent to an activating group) is 1. The Morgan fingerprint density at radius 1 is 1.17 bits per heavy atom. The van der Waals surface area contributed by atoms with Crippen molar-refractivity contribution < 1.29 is 4.79 Å². The molecule has 0 unspecified atom stereocenters. The second-order valence-corrected chi connectivity index (χ2v) is 4.92. The molecule has 2 N–H and O–H groups in total. The summed E-state index contributed by atoms with van der Waals surface area (Å²) in [6.07, 6.45) is 4.93. The molecular formula is C14H21ClN2O. The fourth-order valence-corrected chi connectivity index (χ4v) is 2.50. The van der Waals surface area contributed by atoms with E-state index in [9.17, 15) is 4.79 Å². The van der Waals surface area contributed by atoms with Gasteiger partial charge in [0.15, 0.2) is 0 Å². The predicted octanol–water partition coefficient (Wildman–Crippen LogP) is 2.73. The molecule has 1 aromatic rings. The van der Waals surface area contributed by atoms with Crippen LogP contribution in [0.4, 0.5) is 5.69 Å². The molecule has 2 rings (SSSR count). The van der Waals surface area contributed by atoms with E-state index in [0.29, 0.717) is 0 Å². The molecule has 1 amide bonds. The van der Waals surface area contributed by atoms with Crippen LogP contribution in [0.1, 0.15) is 32.1 Å². The van der Waals surface area contributed by atoms with E-state index in [1.165, 1.54) is 6.42 Å². The maximum Gasteiger partial charge on any atom is 0.246 e. The molecule has 1 aliphatic carbocycles. The Balaban J connectivity index is 0.00000162. The maximum absolute atomic E-state index is 12.4. The second-order valence-electron chi connectivity index (χ2n) is 4.92. The number of anilines is 1. The number of amides is 1. The Labute approximate surface area is 115 Å². The lowest BCUT2D eigenvalue weighted by atomic mass is 9.81. The minimum Gasteiger partial charge on any atom is -0.317 e. The first-order valence-corrected chi connectivity index (χ1v) is 6.26. The highest BCUT2D eigenvalue weighted by Crippen LogP contribution is 2.28. The van der Waals surface area contributed by atoms with E-state index in [4.69, 9.17) is 5.73 Å². The smallest absolute Gasteiger partial charge is 0.246 e. The first kappa shape index (κ1) is 15.0. The number of nitrogens with two attached hydrogens (primary N) is 1. The van der Waals surface area contributed by atoms with E-state index in [0.717, 1.165) is 31.4 Å². The molecule has 0 radical (unpaired) electrons. The van der Waals surface area contributed by atoms with Gasteiger partial charge in [0.2, 0.25) is 5.91 Å². The van der Waals surface area contributed by atoms with Crippen molar-refractivity contribution in [2.45, 2.75) is 37.6 Å². The standard InChI is InChI=1S/C14H20N2O.ClH/c1-16(12-8-4-2-5-9-12)13(17)14(15)10-6-3-7-11-14;/h2,4-5,8-9H,3,6-7,10-11,15H2,1H3;1H.